The van der Waals surface area contributed by atoms with Crippen LogP contribution in [0.1, 0.15) is 36.5 Å². The fourth-order valence-electron chi connectivity index (χ4n) is 3.96. The molecule has 0 aliphatic carbocycles. The fraction of sp³-hybridized carbons (Fsp3) is 0.357. The van der Waals surface area contributed by atoms with Gasteiger partial charge >= 0.3 is 5.97 Å². The molecule has 2 aromatic rings. The average Bonchev–Trinajstić information content (AvgIpc) is 3.04. The van der Waals surface area contributed by atoms with Crippen LogP contribution in [0.5, 0.6) is 5.75 Å². The molecule has 0 atom stereocenters. The summed E-state index contributed by atoms with van der Waals surface area (Å²) in [6, 6.07) is 12.7. The Balaban J connectivity index is 1.66. The van der Waals surface area contributed by atoms with Gasteiger partial charge in [0.2, 0.25) is 0 Å². The Morgan fingerprint density at radius 3 is 2.65 bits per heavy atom. The van der Waals surface area contributed by atoms with Crippen molar-refractivity contribution in [1.29, 1.82) is 0 Å². The first-order valence-corrected chi connectivity index (χ1v) is 11.7. The predicted octanol–water partition coefficient (Wildman–Crippen LogP) is 5.23. The average molecular weight is 463 g/mol. The van der Waals surface area contributed by atoms with Crippen molar-refractivity contribution in [3.63, 3.8) is 0 Å². The number of allylic oxidation sites excluding steroid dienone is 3. The number of ether oxygens (including phenoxy) is 2. The monoisotopic (exact) mass is 462 g/mol. The molecule has 0 bridgehead atoms. The molecule has 1 aliphatic rings. The molecule has 0 unspecified atom stereocenters. The van der Waals surface area contributed by atoms with Crippen LogP contribution in [0.4, 0.5) is 0 Å². The van der Waals surface area contributed by atoms with Gasteiger partial charge in [-0.05, 0) is 84.9 Å². The van der Waals surface area contributed by atoms with Crippen LogP contribution in [0, 0.1) is 13.8 Å². The van der Waals surface area contributed by atoms with Gasteiger partial charge in [-0.3, -0.25) is 9.79 Å². The zero-order valence-electron chi connectivity index (χ0n) is 20.3. The molecular formula is C28H34N2O4. The molecule has 0 saturated carbocycles. The van der Waals surface area contributed by atoms with E-state index in [1.165, 1.54) is 27.8 Å². The van der Waals surface area contributed by atoms with Gasteiger partial charge in [-0.25, -0.2) is 0 Å². The number of nitrogens with zero attached hydrogens (tertiary/aromatic N) is 1. The normalized spacial score (nSPS) is 13.1. The summed E-state index contributed by atoms with van der Waals surface area (Å²) < 4.78 is 11.2. The van der Waals surface area contributed by atoms with Crippen molar-refractivity contribution >= 4 is 12.2 Å². The maximum Gasteiger partial charge on any atom is 0.303 e. The summed E-state index contributed by atoms with van der Waals surface area (Å²) in [5.41, 5.74) is 7.87. The Labute approximate surface area is 202 Å². The van der Waals surface area contributed by atoms with Crippen LogP contribution in [0.3, 0.4) is 0 Å². The molecule has 0 fully saturated rings. The highest BCUT2D eigenvalue weighted by atomic mass is 16.5. The first-order chi connectivity index (χ1) is 16.5. The number of aliphatic imine (C=N–C) groups is 1. The Morgan fingerprint density at radius 2 is 1.91 bits per heavy atom. The number of hydrogen-bond acceptors (Lipinski definition) is 5. The van der Waals surface area contributed by atoms with Crippen molar-refractivity contribution in [2.24, 2.45) is 4.99 Å². The molecule has 6 heteroatoms. The molecule has 0 saturated heterocycles. The van der Waals surface area contributed by atoms with Crippen molar-refractivity contribution in [1.82, 2.24) is 5.32 Å². The third kappa shape index (κ3) is 7.59. The second-order valence-electron chi connectivity index (χ2n) is 8.33. The number of benzene rings is 2. The maximum absolute atomic E-state index is 10.8. The van der Waals surface area contributed by atoms with Gasteiger partial charge in [0.25, 0.3) is 0 Å². The highest BCUT2D eigenvalue weighted by Crippen LogP contribution is 2.31. The van der Waals surface area contributed by atoms with E-state index in [4.69, 9.17) is 14.6 Å². The lowest BCUT2D eigenvalue weighted by Crippen LogP contribution is -2.14. The molecule has 1 heterocycles. The smallest absolute Gasteiger partial charge is 0.303 e. The van der Waals surface area contributed by atoms with Crippen LogP contribution >= 0.6 is 0 Å². The van der Waals surface area contributed by atoms with Crippen LogP contribution in [0.2, 0.25) is 0 Å². The molecule has 3 rings (SSSR count). The minimum atomic E-state index is -0.796. The number of nitrogens with one attached hydrogen (secondary N) is 1. The standard InChI is InChI=1S/C28H34N2O4/c1-4-33-12-13-34-26-14-20(2)28(21(3)15-26)24-7-5-6-23(16-24)18-30-25-10-8-22(17-29-19-25)9-11-27(31)32/h5-8,10,14-17,30H,4,9,11-13,18-19H2,1-3H3,(H,31,32). The van der Waals surface area contributed by atoms with Crippen molar-refractivity contribution in [2.45, 2.75) is 40.2 Å². The van der Waals surface area contributed by atoms with E-state index < -0.39 is 5.97 Å². The van der Waals surface area contributed by atoms with Crippen LogP contribution in [0.25, 0.3) is 11.1 Å². The van der Waals surface area contributed by atoms with Crippen LogP contribution in [-0.4, -0.2) is 43.7 Å². The largest absolute Gasteiger partial charge is 0.491 e. The quantitative estimate of drug-likeness (QED) is 0.422. The zero-order valence-corrected chi connectivity index (χ0v) is 20.3. The van der Waals surface area contributed by atoms with Gasteiger partial charge in [-0.2, -0.15) is 0 Å². The van der Waals surface area contributed by atoms with Crippen molar-refractivity contribution < 1.29 is 19.4 Å². The fourth-order valence-corrected chi connectivity index (χ4v) is 3.96. The Hall–Kier alpha value is -3.38. The Kier molecular flexibility index (Phi) is 9.47. The van der Waals surface area contributed by atoms with E-state index in [-0.39, 0.29) is 6.42 Å². The van der Waals surface area contributed by atoms with E-state index in [2.05, 4.69) is 60.6 Å². The molecule has 0 aromatic heterocycles. The first kappa shape index (κ1) is 25.2. The van der Waals surface area contributed by atoms with Gasteiger partial charge in [0, 0.05) is 31.5 Å². The number of aliphatic carboxylic acids is 1. The van der Waals surface area contributed by atoms with E-state index >= 15 is 0 Å². The van der Waals surface area contributed by atoms with E-state index in [0.717, 1.165) is 17.0 Å². The summed E-state index contributed by atoms with van der Waals surface area (Å²) in [5.74, 6) is 0.0721. The number of hydrogen-bond donors (Lipinski definition) is 2. The summed E-state index contributed by atoms with van der Waals surface area (Å²) in [6.07, 6.45) is 6.31. The van der Waals surface area contributed by atoms with Crippen molar-refractivity contribution in [3.8, 4) is 16.9 Å². The summed E-state index contributed by atoms with van der Waals surface area (Å²) >= 11 is 0. The van der Waals surface area contributed by atoms with Gasteiger partial charge in [0.05, 0.1) is 13.2 Å². The number of carboxylic acids is 1. The lowest BCUT2D eigenvalue weighted by Gasteiger charge is -2.15. The highest BCUT2D eigenvalue weighted by Gasteiger charge is 2.10. The number of aryl methyl sites for hydroxylation is 2. The van der Waals surface area contributed by atoms with Crippen LogP contribution < -0.4 is 10.1 Å². The summed E-state index contributed by atoms with van der Waals surface area (Å²) in [5, 5.41) is 12.3. The number of carbonyl (C=O) groups is 1. The molecule has 0 amide bonds. The Bertz CT molecular complexity index is 1060. The minimum absolute atomic E-state index is 0.112. The van der Waals surface area contributed by atoms with Gasteiger partial charge in [-0.15, -0.1) is 0 Å². The zero-order chi connectivity index (χ0) is 24.3. The van der Waals surface area contributed by atoms with E-state index in [9.17, 15) is 4.79 Å². The molecule has 0 radical (unpaired) electrons. The van der Waals surface area contributed by atoms with E-state index in [0.29, 0.717) is 39.3 Å². The number of carboxylic acid groups (broad SMARTS) is 1. The van der Waals surface area contributed by atoms with E-state index in [1.807, 2.05) is 19.1 Å². The summed E-state index contributed by atoms with van der Waals surface area (Å²) in [7, 11) is 0. The summed E-state index contributed by atoms with van der Waals surface area (Å²) in [4.78, 5) is 15.2. The molecule has 180 valence electrons. The first-order valence-electron chi connectivity index (χ1n) is 11.7. The minimum Gasteiger partial charge on any atom is -0.491 e. The second-order valence-corrected chi connectivity index (χ2v) is 8.33. The summed E-state index contributed by atoms with van der Waals surface area (Å²) in [6.45, 7) is 9.28. The molecule has 0 spiro atoms. The molecule has 2 N–H and O–H groups in total. The Morgan fingerprint density at radius 1 is 1.12 bits per heavy atom. The molecule has 1 aliphatic heterocycles. The topological polar surface area (TPSA) is 80.2 Å². The van der Waals surface area contributed by atoms with Gasteiger partial charge in [-0.1, -0.05) is 24.3 Å². The molecule has 34 heavy (non-hydrogen) atoms. The number of rotatable bonds is 12. The van der Waals surface area contributed by atoms with Gasteiger partial charge < -0.3 is 19.9 Å². The highest BCUT2D eigenvalue weighted by molar-refractivity contribution is 5.81. The molecular weight excluding hydrogens is 428 g/mol. The van der Waals surface area contributed by atoms with Crippen molar-refractivity contribution in [2.75, 3.05) is 26.4 Å². The third-order valence-electron chi connectivity index (χ3n) is 5.59. The molecule has 6 nitrogen and oxygen atoms in total. The van der Waals surface area contributed by atoms with E-state index in [1.54, 1.807) is 6.21 Å². The van der Waals surface area contributed by atoms with Crippen molar-refractivity contribution in [3.05, 3.63) is 76.5 Å². The maximum atomic E-state index is 10.8. The second kappa shape index (κ2) is 12.8. The van der Waals surface area contributed by atoms with Crippen LogP contribution in [0.15, 0.2) is 64.8 Å². The SMILES string of the molecule is CCOCCOc1cc(C)c(-c2cccc(CNC3=CC=C(CCC(=O)O)C=NC3)c2)c(C)c1. The molecule has 2 aromatic carbocycles. The lowest BCUT2D eigenvalue weighted by molar-refractivity contribution is -0.136. The lowest BCUT2D eigenvalue weighted by atomic mass is 9.94. The van der Waals surface area contributed by atoms with Crippen LogP contribution in [-0.2, 0) is 16.1 Å². The van der Waals surface area contributed by atoms with Gasteiger partial charge in [0.1, 0.15) is 12.4 Å². The predicted molar refractivity (Wildman–Crippen MR) is 137 cm³/mol. The van der Waals surface area contributed by atoms with Gasteiger partial charge in [0.15, 0.2) is 0 Å². The third-order valence-corrected chi connectivity index (χ3v) is 5.59.